The van der Waals surface area contributed by atoms with Gasteiger partial charge in [-0.25, -0.2) is 4.79 Å². The molecule has 148 valence electrons. The number of phenolic OH excluding ortho intramolecular Hbond substituents is 1. The van der Waals surface area contributed by atoms with Gasteiger partial charge in [0.25, 0.3) is 5.09 Å². The van der Waals surface area contributed by atoms with Gasteiger partial charge in [-0.05, 0) is 49.0 Å². The van der Waals surface area contributed by atoms with E-state index in [-0.39, 0.29) is 19.1 Å². The minimum Gasteiger partial charge on any atom is -0.504 e. The van der Waals surface area contributed by atoms with Gasteiger partial charge in [-0.1, -0.05) is 6.07 Å². The molecule has 2 rings (SSSR count). The minimum absolute atomic E-state index is 0.0329. The molecule has 1 aliphatic heterocycles. The average molecular weight is 380 g/mol. The van der Waals surface area contributed by atoms with Crippen molar-refractivity contribution in [2.75, 3.05) is 33.5 Å². The Kier molecular flexibility index (Phi) is 7.87. The predicted octanol–water partition coefficient (Wildman–Crippen LogP) is 2.23. The molecule has 0 amide bonds. The topological polar surface area (TPSA) is 111 Å². The fourth-order valence-corrected chi connectivity index (χ4v) is 2.86. The zero-order chi connectivity index (χ0) is 19.6. The van der Waals surface area contributed by atoms with E-state index in [0.29, 0.717) is 23.7 Å². The fraction of sp³-hybridized carbons (Fsp3) is 0.500. The SMILES string of the molecule is COc1cc(/C=C/C(=O)OCN2CCC(CCO[N+](=O)[O-])CC2)ccc1O. The summed E-state index contributed by atoms with van der Waals surface area (Å²) in [6.45, 7) is 1.88. The number of carbonyl (C=O) groups is 1. The van der Waals surface area contributed by atoms with Crippen molar-refractivity contribution in [3.8, 4) is 11.5 Å². The number of nitrogens with zero attached hydrogens (tertiary/aromatic N) is 2. The predicted molar refractivity (Wildman–Crippen MR) is 96.5 cm³/mol. The van der Waals surface area contributed by atoms with Crippen LogP contribution < -0.4 is 4.74 Å². The lowest BCUT2D eigenvalue weighted by Crippen LogP contribution is -2.36. The molecule has 1 saturated heterocycles. The Hall–Kier alpha value is -2.81. The van der Waals surface area contributed by atoms with Crippen molar-refractivity contribution < 1.29 is 29.3 Å². The number of aromatic hydroxyl groups is 1. The van der Waals surface area contributed by atoms with Crippen molar-refractivity contribution >= 4 is 12.0 Å². The molecule has 1 N–H and O–H groups in total. The summed E-state index contributed by atoms with van der Waals surface area (Å²) in [6, 6.07) is 4.77. The van der Waals surface area contributed by atoms with Gasteiger partial charge in [-0.3, -0.25) is 4.90 Å². The van der Waals surface area contributed by atoms with Crippen LogP contribution in [0.25, 0.3) is 6.08 Å². The number of hydrogen-bond acceptors (Lipinski definition) is 8. The standard InChI is InChI=1S/C18H24N2O7/c1-25-17-12-15(2-4-16(17)21)3-5-18(22)26-13-19-9-6-14(7-10-19)8-11-27-20(23)24/h2-5,12,14,21H,6-11,13H2,1H3/b5-3+. The molecule has 0 radical (unpaired) electrons. The lowest BCUT2D eigenvalue weighted by atomic mass is 9.94. The summed E-state index contributed by atoms with van der Waals surface area (Å²) in [6.07, 6.45) is 5.36. The molecule has 0 aromatic heterocycles. The first kappa shape index (κ1) is 20.5. The van der Waals surface area contributed by atoms with Crippen molar-refractivity contribution in [3.63, 3.8) is 0 Å². The van der Waals surface area contributed by atoms with E-state index >= 15 is 0 Å². The molecule has 27 heavy (non-hydrogen) atoms. The van der Waals surface area contributed by atoms with Crippen LogP contribution in [0.3, 0.4) is 0 Å². The highest BCUT2D eigenvalue weighted by molar-refractivity contribution is 5.87. The van der Waals surface area contributed by atoms with Gasteiger partial charge in [0.2, 0.25) is 0 Å². The molecule has 1 fully saturated rings. The van der Waals surface area contributed by atoms with Gasteiger partial charge in [0.05, 0.1) is 13.7 Å². The van der Waals surface area contributed by atoms with E-state index in [1.54, 1.807) is 18.2 Å². The Morgan fingerprint density at radius 3 is 2.81 bits per heavy atom. The van der Waals surface area contributed by atoms with E-state index < -0.39 is 11.1 Å². The van der Waals surface area contributed by atoms with Gasteiger partial charge in [-0.2, -0.15) is 0 Å². The van der Waals surface area contributed by atoms with E-state index in [9.17, 15) is 20.0 Å². The lowest BCUT2D eigenvalue weighted by molar-refractivity contribution is -0.758. The number of benzene rings is 1. The van der Waals surface area contributed by atoms with Gasteiger partial charge in [0.15, 0.2) is 11.5 Å². The Bertz CT molecular complexity index is 670. The summed E-state index contributed by atoms with van der Waals surface area (Å²) in [5.74, 6) is 0.299. The maximum absolute atomic E-state index is 11.9. The van der Waals surface area contributed by atoms with E-state index in [1.807, 2.05) is 4.90 Å². The normalized spacial score (nSPS) is 15.6. The second kappa shape index (κ2) is 10.4. The molecule has 0 saturated carbocycles. The molecule has 0 spiro atoms. The lowest BCUT2D eigenvalue weighted by Gasteiger charge is -2.31. The molecule has 9 nitrogen and oxygen atoms in total. The van der Waals surface area contributed by atoms with Crippen molar-refractivity contribution in [2.24, 2.45) is 5.92 Å². The summed E-state index contributed by atoms with van der Waals surface area (Å²) >= 11 is 0. The van der Waals surface area contributed by atoms with Crippen molar-refractivity contribution in [1.82, 2.24) is 4.90 Å². The molecule has 1 aromatic carbocycles. The van der Waals surface area contributed by atoms with Gasteiger partial charge < -0.3 is 19.4 Å². The molecule has 1 aliphatic rings. The highest BCUT2D eigenvalue weighted by Gasteiger charge is 2.19. The van der Waals surface area contributed by atoms with Crippen LogP contribution in [0.5, 0.6) is 11.5 Å². The number of methoxy groups -OCH3 is 1. The number of esters is 1. The Balaban J connectivity index is 1.68. The number of hydrogen-bond donors (Lipinski definition) is 1. The first-order valence-corrected chi connectivity index (χ1v) is 8.69. The quantitative estimate of drug-likeness (QED) is 0.300. The molecular formula is C18H24N2O7. The van der Waals surface area contributed by atoms with Crippen LogP contribution in [0.1, 0.15) is 24.8 Å². The fourth-order valence-electron chi connectivity index (χ4n) is 2.86. The van der Waals surface area contributed by atoms with Crippen LogP contribution >= 0.6 is 0 Å². The molecule has 1 heterocycles. The van der Waals surface area contributed by atoms with Crippen molar-refractivity contribution in [1.29, 1.82) is 0 Å². The second-order valence-electron chi connectivity index (χ2n) is 6.26. The maximum Gasteiger partial charge on any atom is 0.332 e. The van der Waals surface area contributed by atoms with E-state index in [2.05, 4.69) is 4.84 Å². The highest BCUT2D eigenvalue weighted by atomic mass is 16.9. The average Bonchev–Trinajstić information content (AvgIpc) is 2.66. The summed E-state index contributed by atoms with van der Waals surface area (Å²) < 4.78 is 10.3. The Morgan fingerprint density at radius 1 is 1.41 bits per heavy atom. The van der Waals surface area contributed by atoms with Crippen LogP contribution in [-0.2, 0) is 14.4 Å². The monoisotopic (exact) mass is 380 g/mol. The summed E-state index contributed by atoms with van der Waals surface area (Å²) in [5, 5.41) is 18.9. The van der Waals surface area contributed by atoms with Crippen LogP contribution in [0.15, 0.2) is 24.3 Å². The van der Waals surface area contributed by atoms with E-state index in [0.717, 1.165) is 25.9 Å². The Labute approximate surface area is 157 Å². The third-order valence-electron chi connectivity index (χ3n) is 4.43. The van der Waals surface area contributed by atoms with E-state index in [1.165, 1.54) is 19.3 Å². The second-order valence-corrected chi connectivity index (χ2v) is 6.26. The molecular weight excluding hydrogens is 356 g/mol. The molecule has 0 unspecified atom stereocenters. The summed E-state index contributed by atoms with van der Waals surface area (Å²) in [5.41, 5.74) is 0.708. The van der Waals surface area contributed by atoms with Gasteiger partial charge >= 0.3 is 5.97 Å². The smallest absolute Gasteiger partial charge is 0.332 e. The third-order valence-corrected chi connectivity index (χ3v) is 4.43. The number of likely N-dealkylation sites (tertiary alicyclic amines) is 1. The number of piperidine rings is 1. The highest BCUT2D eigenvalue weighted by Crippen LogP contribution is 2.26. The van der Waals surface area contributed by atoms with Crippen LogP contribution in [0, 0.1) is 16.0 Å². The minimum atomic E-state index is -0.768. The molecule has 0 atom stereocenters. The van der Waals surface area contributed by atoms with Crippen LogP contribution in [0.2, 0.25) is 0 Å². The first-order valence-electron chi connectivity index (χ1n) is 8.69. The zero-order valence-corrected chi connectivity index (χ0v) is 15.2. The molecule has 0 aliphatic carbocycles. The maximum atomic E-state index is 11.9. The summed E-state index contributed by atoms with van der Waals surface area (Å²) in [4.78, 5) is 28.4. The van der Waals surface area contributed by atoms with Gasteiger partial charge in [0.1, 0.15) is 6.73 Å². The largest absolute Gasteiger partial charge is 0.504 e. The van der Waals surface area contributed by atoms with Gasteiger partial charge in [-0.15, -0.1) is 10.1 Å². The van der Waals surface area contributed by atoms with Crippen LogP contribution in [0.4, 0.5) is 0 Å². The molecule has 0 bridgehead atoms. The van der Waals surface area contributed by atoms with Crippen molar-refractivity contribution in [3.05, 3.63) is 40.0 Å². The van der Waals surface area contributed by atoms with E-state index in [4.69, 9.17) is 9.47 Å². The van der Waals surface area contributed by atoms with Crippen molar-refractivity contribution in [2.45, 2.75) is 19.3 Å². The first-order chi connectivity index (χ1) is 13.0. The number of phenols is 1. The number of rotatable bonds is 9. The molecule has 1 aromatic rings. The van der Waals surface area contributed by atoms with Gasteiger partial charge in [0, 0.05) is 19.2 Å². The third kappa shape index (κ3) is 7.14. The summed E-state index contributed by atoms with van der Waals surface area (Å²) in [7, 11) is 1.45. The molecule has 9 heteroatoms. The van der Waals surface area contributed by atoms with Crippen LogP contribution in [-0.4, -0.2) is 54.6 Å². The number of ether oxygens (including phenoxy) is 2. The zero-order valence-electron chi connectivity index (χ0n) is 15.2. The Morgan fingerprint density at radius 2 is 2.15 bits per heavy atom. The number of carbonyl (C=O) groups excluding carboxylic acids is 1.